The molecule has 0 spiro atoms. The molecule has 1 unspecified atom stereocenters. The molecule has 2 fully saturated rings. The molecule has 0 bridgehead atoms. The maximum Gasteiger partial charge on any atom is 0.223 e. The molecule has 2 heterocycles. The zero-order chi connectivity index (χ0) is 12.3. The zero-order valence-electron chi connectivity index (χ0n) is 10.9. The van der Waals surface area contributed by atoms with Crippen LogP contribution in [-0.2, 0) is 9.53 Å². The van der Waals surface area contributed by atoms with E-state index < -0.39 is 0 Å². The van der Waals surface area contributed by atoms with E-state index in [4.69, 9.17) is 4.74 Å². The number of carbonyl (C=O) groups is 1. The Morgan fingerprint density at radius 2 is 2.41 bits per heavy atom. The van der Waals surface area contributed by atoms with Gasteiger partial charge in [-0.15, -0.1) is 0 Å². The van der Waals surface area contributed by atoms with Crippen LogP contribution in [0.25, 0.3) is 0 Å². The monoisotopic (exact) mass is 240 g/mol. The average molecular weight is 240 g/mol. The number of nitrogens with one attached hydrogen (secondary N) is 2. The minimum absolute atomic E-state index is 0.131. The van der Waals surface area contributed by atoms with Crippen molar-refractivity contribution in [2.24, 2.45) is 5.92 Å². The van der Waals surface area contributed by atoms with Gasteiger partial charge in [0, 0.05) is 25.1 Å². The van der Waals surface area contributed by atoms with Crippen molar-refractivity contribution in [1.29, 1.82) is 0 Å². The molecule has 0 aromatic heterocycles. The Labute approximate surface area is 103 Å². The van der Waals surface area contributed by atoms with Gasteiger partial charge in [0.15, 0.2) is 0 Å². The fourth-order valence-corrected chi connectivity index (χ4v) is 2.76. The predicted octanol–water partition coefficient (Wildman–Crippen LogP) is 1.06. The summed E-state index contributed by atoms with van der Waals surface area (Å²) in [7, 11) is 0. The molecule has 2 rings (SSSR count). The molecule has 1 amide bonds. The van der Waals surface area contributed by atoms with Crippen molar-refractivity contribution >= 4 is 5.91 Å². The molecule has 0 aromatic carbocycles. The lowest BCUT2D eigenvalue weighted by Gasteiger charge is -2.29. The molecule has 0 aromatic rings. The van der Waals surface area contributed by atoms with E-state index in [9.17, 15) is 4.79 Å². The van der Waals surface area contributed by atoms with Crippen molar-refractivity contribution in [2.75, 3.05) is 19.7 Å². The van der Waals surface area contributed by atoms with Gasteiger partial charge in [-0.3, -0.25) is 4.79 Å². The van der Waals surface area contributed by atoms with Crippen LogP contribution in [0, 0.1) is 5.92 Å². The highest BCUT2D eigenvalue weighted by Gasteiger charge is 2.31. The van der Waals surface area contributed by atoms with Gasteiger partial charge >= 0.3 is 0 Å². The molecule has 2 N–H and O–H groups in total. The second-order valence-electron chi connectivity index (χ2n) is 5.70. The number of rotatable bonds is 3. The van der Waals surface area contributed by atoms with Gasteiger partial charge in [-0.1, -0.05) is 0 Å². The lowest BCUT2D eigenvalue weighted by atomic mass is 9.92. The van der Waals surface area contributed by atoms with E-state index >= 15 is 0 Å². The van der Waals surface area contributed by atoms with Crippen LogP contribution in [0.15, 0.2) is 0 Å². The van der Waals surface area contributed by atoms with Crippen molar-refractivity contribution in [3.8, 4) is 0 Å². The summed E-state index contributed by atoms with van der Waals surface area (Å²) in [5.41, 5.74) is -0.131. The van der Waals surface area contributed by atoms with Crippen molar-refractivity contribution in [3.05, 3.63) is 0 Å². The van der Waals surface area contributed by atoms with Gasteiger partial charge < -0.3 is 15.4 Å². The van der Waals surface area contributed by atoms with Crippen LogP contribution >= 0.6 is 0 Å². The van der Waals surface area contributed by atoms with Gasteiger partial charge in [0.1, 0.15) is 0 Å². The summed E-state index contributed by atoms with van der Waals surface area (Å²) in [4.78, 5) is 12.0. The summed E-state index contributed by atoms with van der Waals surface area (Å²) < 4.78 is 5.67. The van der Waals surface area contributed by atoms with Crippen LogP contribution in [0.1, 0.15) is 39.5 Å². The molecule has 0 saturated carbocycles. The fourth-order valence-electron chi connectivity index (χ4n) is 2.76. The Morgan fingerprint density at radius 3 is 3.06 bits per heavy atom. The first kappa shape index (κ1) is 12.8. The SMILES string of the molecule is C[C@H]1C[C@@H](C(=O)NCC2(C)CCCO2)CCN1. The van der Waals surface area contributed by atoms with Gasteiger partial charge in [0.05, 0.1) is 5.60 Å². The number of ether oxygens (including phenoxy) is 1. The zero-order valence-corrected chi connectivity index (χ0v) is 10.9. The van der Waals surface area contributed by atoms with Crippen molar-refractivity contribution in [3.63, 3.8) is 0 Å². The summed E-state index contributed by atoms with van der Waals surface area (Å²) in [6.45, 7) is 6.67. The van der Waals surface area contributed by atoms with Crippen molar-refractivity contribution in [2.45, 2.75) is 51.2 Å². The topological polar surface area (TPSA) is 50.4 Å². The van der Waals surface area contributed by atoms with E-state index in [2.05, 4.69) is 24.5 Å². The Balaban J connectivity index is 1.76. The highest BCUT2D eigenvalue weighted by molar-refractivity contribution is 5.78. The molecule has 0 aliphatic carbocycles. The largest absolute Gasteiger partial charge is 0.373 e. The van der Waals surface area contributed by atoms with E-state index in [0.717, 1.165) is 38.8 Å². The molecule has 17 heavy (non-hydrogen) atoms. The van der Waals surface area contributed by atoms with Gasteiger partial charge in [0.25, 0.3) is 0 Å². The van der Waals surface area contributed by atoms with Crippen LogP contribution in [0.5, 0.6) is 0 Å². The number of amides is 1. The number of carbonyl (C=O) groups excluding carboxylic acids is 1. The summed E-state index contributed by atoms with van der Waals surface area (Å²) in [6.07, 6.45) is 4.06. The fraction of sp³-hybridized carbons (Fsp3) is 0.923. The molecule has 3 atom stereocenters. The Morgan fingerprint density at radius 1 is 1.59 bits per heavy atom. The third kappa shape index (κ3) is 3.42. The molecule has 2 saturated heterocycles. The molecular formula is C13H24N2O2. The maximum absolute atomic E-state index is 12.0. The molecular weight excluding hydrogens is 216 g/mol. The van der Waals surface area contributed by atoms with E-state index in [1.165, 1.54) is 0 Å². The minimum atomic E-state index is -0.131. The number of piperidine rings is 1. The Hall–Kier alpha value is -0.610. The normalized spacial score (nSPS) is 38.0. The number of hydrogen-bond donors (Lipinski definition) is 2. The maximum atomic E-state index is 12.0. The molecule has 2 aliphatic rings. The first-order valence-corrected chi connectivity index (χ1v) is 6.74. The van der Waals surface area contributed by atoms with Crippen LogP contribution in [0.2, 0.25) is 0 Å². The second kappa shape index (κ2) is 5.36. The summed E-state index contributed by atoms with van der Waals surface area (Å²) >= 11 is 0. The van der Waals surface area contributed by atoms with Crippen LogP contribution in [0.3, 0.4) is 0 Å². The van der Waals surface area contributed by atoms with Gasteiger partial charge in [0.2, 0.25) is 5.91 Å². The third-order valence-electron chi connectivity index (χ3n) is 3.93. The van der Waals surface area contributed by atoms with Gasteiger partial charge in [-0.05, 0) is 46.1 Å². The summed E-state index contributed by atoms with van der Waals surface area (Å²) in [5.74, 6) is 0.381. The predicted molar refractivity (Wildman–Crippen MR) is 66.8 cm³/mol. The Kier molecular flexibility index (Phi) is 4.05. The lowest BCUT2D eigenvalue weighted by Crippen LogP contribution is -2.46. The van der Waals surface area contributed by atoms with E-state index in [1.807, 2.05) is 0 Å². The van der Waals surface area contributed by atoms with Crippen molar-refractivity contribution in [1.82, 2.24) is 10.6 Å². The summed E-state index contributed by atoms with van der Waals surface area (Å²) in [5, 5.41) is 6.43. The average Bonchev–Trinajstić information content (AvgIpc) is 2.74. The molecule has 0 radical (unpaired) electrons. The lowest BCUT2D eigenvalue weighted by molar-refractivity contribution is -0.127. The van der Waals surface area contributed by atoms with E-state index in [-0.39, 0.29) is 17.4 Å². The highest BCUT2D eigenvalue weighted by Crippen LogP contribution is 2.24. The standard InChI is InChI=1S/C13H24N2O2/c1-10-8-11(4-6-14-10)12(16)15-9-13(2)5-3-7-17-13/h10-11,14H,3-9H2,1-2H3,(H,15,16)/t10-,11-,13?/m0/s1. The van der Waals surface area contributed by atoms with Crippen molar-refractivity contribution < 1.29 is 9.53 Å². The third-order valence-corrected chi connectivity index (χ3v) is 3.93. The molecule has 98 valence electrons. The molecule has 4 nitrogen and oxygen atoms in total. The highest BCUT2D eigenvalue weighted by atomic mass is 16.5. The van der Waals surface area contributed by atoms with E-state index in [0.29, 0.717) is 12.6 Å². The van der Waals surface area contributed by atoms with Crippen LogP contribution < -0.4 is 10.6 Å². The van der Waals surface area contributed by atoms with Gasteiger partial charge in [-0.25, -0.2) is 0 Å². The van der Waals surface area contributed by atoms with E-state index in [1.54, 1.807) is 0 Å². The molecule has 2 aliphatic heterocycles. The summed E-state index contributed by atoms with van der Waals surface area (Å²) in [6, 6.07) is 0.456. The van der Waals surface area contributed by atoms with Crippen LogP contribution in [0.4, 0.5) is 0 Å². The minimum Gasteiger partial charge on any atom is -0.373 e. The number of hydrogen-bond acceptors (Lipinski definition) is 3. The van der Waals surface area contributed by atoms with Gasteiger partial charge in [-0.2, -0.15) is 0 Å². The second-order valence-corrected chi connectivity index (χ2v) is 5.70. The first-order chi connectivity index (χ1) is 8.09. The first-order valence-electron chi connectivity index (χ1n) is 6.74. The molecule has 4 heteroatoms. The smallest absolute Gasteiger partial charge is 0.223 e. The quantitative estimate of drug-likeness (QED) is 0.775. The Bertz CT molecular complexity index is 275. The van der Waals surface area contributed by atoms with Crippen LogP contribution in [-0.4, -0.2) is 37.2 Å².